The molecule has 0 aliphatic carbocycles. The summed E-state index contributed by atoms with van der Waals surface area (Å²) in [6.07, 6.45) is -0.472. The van der Waals surface area contributed by atoms with Crippen LogP contribution in [0.3, 0.4) is 0 Å². The number of aliphatic hydroxyl groups is 1. The average Bonchev–Trinajstić information content (AvgIpc) is 2.03. The third kappa shape index (κ3) is 1.95. The van der Waals surface area contributed by atoms with Crippen molar-refractivity contribution in [2.75, 3.05) is 7.11 Å². The number of aryl methyl sites for hydroxylation is 1. The highest BCUT2D eigenvalue weighted by atomic mass is 16.5. The molecule has 3 nitrogen and oxygen atoms in total. The molecular weight excluding hydrogens is 154 g/mol. The van der Waals surface area contributed by atoms with Gasteiger partial charge in [-0.1, -0.05) is 0 Å². The number of methoxy groups -OCH3 is 1. The van der Waals surface area contributed by atoms with Crippen molar-refractivity contribution in [1.82, 2.24) is 4.98 Å². The number of hydrogen-bond donors (Lipinski definition) is 1. The van der Waals surface area contributed by atoms with Gasteiger partial charge in [-0.15, -0.1) is 0 Å². The molecule has 3 heteroatoms. The molecule has 0 saturated heterocycles. The molecule has 0 aromatic carbocycles. The summed E-state index contributed by atoms with van der Waals surface area (Å²) in [5.74, 6) is 0.547. The van der Waals surface area contributed by atoms with Gasteiger partial charge in [0.05, 0.1) is 13.2 Å². The molecule has 0 radical (unpaired) electrons. The first-order chi connectivity index (χ1) is 5.63. The third-order valence-electron chi connectivity index (χ3n) is 1.64. The summed E-state index contributed by atoms with van der Waals surface area (Å²) in [5, 5.41) is 9.28. The highest BCUT2D eigenvalue weighted by Gasteiger charge is 2.04. The van der Waals surface area contributed by atoms with Gasteiger partial charge >= 0.3 is 0 Å². The van der Waals surface area contributed by atoms with Gasteiger partial charge in [0, 0.05) is 11.8 Å². The van der Waals surface area contributed by atoms with E-state index in [1.165, 1.54) is 0 Å². The van der Waals surface area contributed by atoms with Crippen molar-refractivity contribution in [3.63, 3.8) is 0 Å². The van der Waals surface area contributed by atoms with E-state index in [-0.39, 0.29) is 0 Å². The van der Waals surface area contributed by atoms with Gasteiger partial charge < -0.3 is 9.84 Å². The lowest BCUT2D eigenvalue weighted by Gasteiger charge is -2.07. The molecule has 0 aliphatic rings. The molecule has 0 amide bonds. The number of pyridine rings is 1. The Morgan fingerprint density at radius 1 is 1.50 bits per heavy atom. The molecule has 1 aromatic rings. The average molecular weight is 167 g/mol. The summed E-state index contributed by atoms with van der Waals surface area (Å²) in [7, 11) is 1.56. The number of rotatable bonds is 2. The summed E-state index contributed by atoms with van der Waals surface area (Å²) in [6.45, 7) is 3.59. The molecule has 0 aliphatic heterocycles. The summed E-state index contributed by atoms with van der Waals surface area (Å²) in [6, 6.07) is 3.57. The molecule has 1 N–H and O–H groups in total. The summed E-state index contributed by atoms with van der Waals surface area (Å²) >= 11 is 0. The molecule has 66 valence electrons. The lowest BCUT2D eigenvalue weighted by molar-refractivity contribution is 0.198. The second-order valence-electron chi connectivity index (χ2n) is 2.76. The largest absolute Gasteiger partial charge is 0.481 e. The minimum Gasteiger partial charge on any atom is -0.481 e. The fourth-order valence-corrected chi connectivity index (χ4v) is 1.01. The molecular formula is C9H13NO2. The third-order valence-corrected chi connectivity index (χ3v) is 1.64. The fourth-order valence-electron chi connectivity index (χ4n) is 1.01. The van der Waals surface area contributed by atoms with Gasteiger partial charge in [0.2, 0.25) is 5.88 Å². The molecule has 0 spiro atoms. The van der Waals surface area contributed by atoms with Crippen molar-refractivity contribution in [1.29, 1.82) is 0 Å². The first-order valence-corrected chi connectivity index (χ1v) is 3.84. The first-order valence-electron chi connectivity index (χ1n) is 3.84. The number of nitrogens with zero attached hydrogens (tertiary/aromatic N) is 1. The van der Waals surface area contributed by atoms with Crippen LogP contribution < -0.4 is 4.74 Å². The molecule has 1 rings (SSSR count). The minimum atomic E-state index is -0.472. The van der Waals surface area contributed by atoms with Gasteiger partial charge in [0.1, 0.15) is 0 Å². The van der Waals surface area contributed by atoms with E-state index in [2.05, 4.69) is 4.98 Å². The Kier molecular flexibility index (Phi) is 2.65. The lowest BCUT2D eigenvalue weighted by atomic mass is 10.1. The quantitative estimate of drug-likeness (QED) is 0.725. The SMILES string of the molecule is COc1cc([C@H](C)O)cc(C)n1. The van der Waals surface area contributed by atoms with E-state index in [0.717, 1.165) is 11.3 Å². The van der Waals surface area contributed by atoms with E-state index in [0.29, 0.717) is 5.88 Å². The van der Waals surface area contributed by atoms with Crippen molar-refractivity contribution in [3.05, 3.63) is 23.4 Å². The van der Waals surface area contributed by atoms with Crippen molar-refractivity contribution in [2.45, 2.75) is 20.0 Å². The molecule has 1 heterocycles. The van der Waals surface area contributed by atoms with Crippen molar-refractivity contribution in [2.24, 2.45) is 0 Å². The number of ether oxygens (including phenoxy) is 1. The Morgan fingerprint density at radius 3 is 2.67 bits per heavy atom. The van der Waals surface area contributed by atoms with E-state index in [1.54, 1.807) is 20.1 Å². The Bertz CT molecular complexity index is 271. The summed E-state index contributed by atoms with van der Waals surface area (Å²) in [4.78, 5) is 4.10. The zero-order valence-electron chi connectivity index (χ0n) is 7.53. The lowest BCUT2D eigenvalue weighted by Crippen LogP contribution is -1.96. The van der Waals surface area contributed by atoms with Crippen LogP contribution in [0.4, 0.5) is 0 Å². The Morgan fingerprint density at radius 2 is 2.17 bits per heavy atom. The van der Waals surface area contributed by atoms with Crippen molar-refractivity contribution < 1.29 is 9.84 Å². The maximum atomic E-state index is 9.28. The van der Waals surface area contributed by atoms with Crippen LogP contribution in [-0.2, 0) is 0 Å². The monoisotopic (exact) mass is 167 g/mol. The van der Waals surface area contributed by atoms with Crippen LogP contribution in [0.1, 0.15) is 24.3 Å². The zero-order valence-corrected chi connectivity index (χ0v) is 7.53. The van der Waals surface area contributed by atoms with Crippen molar-refractivity contribution >= 4 is 0 Å². The Labute approximate surface area is 72.0 Å². The van der Waals surface area contributed by atoms with E-state index in [4.69, 9.17) is 4.74 Å². The normalized spacial score (nSPS) is 12.7. The maximum Gasteiger partial charge on any atom is 0.213 e. The van der Waals surface area contributed by atoms with Gasteiger partial charge in [0.25, 0.3) is 0 Å². The highest BCUT2D eigenvalue weighted by molar-refractivity contribution is 5.25. The molecule has 0 bridgehead atoms. The second kappa shape index (κ2) is 3.54. The second-order valence-corrected chi connectivity index (χ2v) is 2.76. The van der Waals surface area contributed by atoms with E-state index in [9.17, 15) is 5.11 Å². The molecule has 1 aromatic heterocycles. The van der Waals surface area contributed by atoms with E-state index in [1.807, 2.05) is 13.0 Å². The Balaban J connectivity index is 3.06. The van der Waals surface area contributed by atoms with Gasteiger partial charge in [-0.25, -0.2) is 4.98 Å². The number of aliphatic hydroxyl groups excluding tert-OH is 1. The van der Waals surface area contributed by atoms with E-state index >= 15 is 0 Å². The van der Waals surface area contributed by atoms with Crippen molar-refractivity contribution in [3.8, 4) is 5.88 Å². The van der Waals surface area contributed by atoms with Crippen LogP contribution in [-0.4, -0.2) is 17.2 Å². The molecule has 12 heavy (non-hydrogen) atoms. The summed E-state index contributed by atoms with van der Waals surface area (Å²) < 4.78 is 4.96. The predicted molar refractivity (Wildman–Crippen MR) is 46.2 cm³/mol. The smallest absolute Gasteiger partial charge is 0.213 e. The Hall–Kier alpha value is -1.09. The van der Waals surface area contributed by atoms with Gasteiger partial charge in [-0.2, -0.15) is 0 Å². The standard InChI is InChI=1S/C9H13NO2/c1-6-4-8(7(2)11)5-9(10-6)12-3/h4-5,7,11H,1-3H3/t7-/m0/s1. The summed E-state index contributed by atoms with van der Waals surface area (Å²) in [5.41, 5.74) is 1.68. The maximum absolute atomic E-state index is 9.28. The van der Waals surface area contributed by atoms with Crippen LogP contribution in [0.5, 0.6) is 5.88 Å². The van der Waals surface area contributed by atoms with Gasteiger partial charge in [-0.3, -0.25) is 0 Å². The van der Waals surface area contributed by atoms with Crippen LogP contribution in [0, 0.1) is 6.92 Å². The molecule has 1 atom stereocenters. The van der Waals surface area contributed by atoms with Crippen LogP contribution in [0.2, 0.25) is 0 Å². The molecule has 0 fully saturated rings. The fraction of sp³-hybridized carbons (Fsp3) is 0.444. The van der Waals surface area contributed by atoms with Gasteiger partial charge in [-0.05, 0) is 25.5 Å². The van der Waals surface area contributed by atoms with Crippen LogP contribution >= 0.6 is 0 Å². The van der Waals surface area contributed by atoms with Crippen LogP contribution in [0.15, 0.2) is 12.1 Å². The minimum absolute atomic E-state index is 0.472. The molecule has 0 unspecified atom stereocenters. The predicted octanol–water partition coefficient (Wildman–Crippen LogP) is 1.45. The zero-order chi connectivity index (χ0) is 9.14. The number of hydrogen-bond acceptors (Lipinski definition) is 3. The highest BCUT2D eigenvalue weighted by Crippen LogP contribution is 2.17. The van der Waals surface area contributed by atoms with Crippen LogP contribution in [0.25, 0.3) is 0 Å². The molecule has 0 saturated carbocycles. The van der Waals surface area contributed by atoms with Gasteiger partial charge in [0.15, 0.2) is 0 Å². The number of aromatic nitrogens is 1. The topological polar surface area (TPSA) is 42.4 Å². The first kappa shape index (κ1) is 9.00. The van der Waals surface area contributed by atoms with E-state index < -0.39 is 6.10 Å².